The highest BCUT2D eigenvalue weighted by Gasteiger charge is 2.29. The summed E-state index contributed by atoms with van der Waals surface area (Å²) in [5.41, 5.74) is 0.843. The van der Waals surface area contributed by atoms with Crippen LogP contribution in [-0.2, 0) is 9.84 Å². The number of rotatable bonds is 4. The summed E-state index contributed by atoms with van der Waals surface area (Å²) in [5.74, 6) is 0.730. The van der Waals surface area contributed by atoms with E-state index in [-0.39, 0.29) is 11.4 Å². The molecule has 0 saturated heterocycles. The molecule has 2 rings (SSSR count). The zero-order valence-electron chi connectivity index (χ0n) is 12.0. The summed E-state index contributed by atoms with van der Waals surface area (Å²) in [7, 11) is -2.98. The highest BCUT2D eigenvalue weighted by molar-refractivity contribution is 7.91. The Balaban J connectivity index is 1.99. The van der Waals surface area contributed by atoms with Crippen molar-refractivity contribution < 1.29 is 18.3 Å². The fraction of sp³-hybridized carbons (Fsp3) is 0.600. The van der Waals surface area contributed by atoms with Crippen molar-refractivity contribution in [2.45, 2.75) is 50.1 Å². The molecule has 1 aromatic rings. The van der Waals surface area contributed by atoms with E-state index in [2.05, 4.69) is 0 Å². The van der Waals surface area contributed by atoms with Gasteiger partial charge in [0, 0.05) is 12.7 Å². The molecule has 0 radical (unpaired) electrons. The summed E-state index contributed by atoms with van der Waals surface area (Å²) in [6, 6.07) is 7.31. The minimum atomic E-state index is -2.98. The largest absolute Gasteiger partial charge is 0.490 e. The van der Waals surface area contributed by atoms with E-state index >= 15 is 0 Å². The Kier molecular flexibility index (Phi) is 4.70. The van der Waals surface area contributed by atoms with Crippen molar-refractivity contribution in [2.24, 2.45) is 0 Å². The van der Waals surface area contributed by atoms with E-state index in [0.29, 0.717) is 6.42 Å². The Morgan fingerprint density at radius 2 is 1.90 bits per heavy atom. The lowest BCUT2D eigenvalue weighted by Crippen LogP contribution is -2.33. The van der Waals surface area contributed by atoms with Crippen molar-refractivity contribution in [1.29, 1.82) is 0 Å². The summed E-state index contributed by atoms with van der Waals surface area (Å²) in [6.45, 7) is 1.72. The van der Waals surface area contributed by atoms with Gasteiger partial charge in [-0.1, -0.05) is 12.1 Å². The Bertz CT molecular complexity index is 533. The fourth-order valence-electron chi connectivity index (χ4n) is 2.62. The van der Waals surface area contributed by atoms with Crippen LogP contribution >= 0.6 is 0 Å². The quantitative estimate of drug-likeness (QED) is 0.927. The third-order valence-corrected chi connectivity index (χ3v) is 5.49. The van der Waals surface area contributed by atoms with Crippen LogP contribution < -0.4 is 4.74 Å². The summed E-state index contributed by atoms with van der Waals surface area (Å²) in [6.07, 6.45) is 3.85. The van der Waals surface area contributed by atoms with Crippen molar-refractivity contribution in [3.05, 3.63) is 29.8 Å². The molecule has 4 nitrogen and oxygen atoms in total. The van der Waals surface area contributed by atoms with Crippen molar-refractivity contribution in [2.75, 3.05) is 6.26 Å². The standard InChI is InChI=1S/C15H22O4S/c1-11(16)12-6-8-13(9-7-12)19-14-4-3-5-15(10-14)20(2,17)18/h6-9,11,14-16H,3-5,10H2,1-2H3/t11-,14?,15?/m0/s1. The van der Waals surface area contributed by atoms with E-state index < -0.39 is 15.9 Å². The first kappa shape index (κ1) is 15.3. The second-order valence-electron chi connectivity index (χ2n) is 5.60. The zero-order valence-corrected chi connectivity index (χ0v) is 12.8. The minimum absolute atomic E-state index is 0.0409. The van der Waals surface area contributed by atoms with Crippen LogP contribution in [0.4, 0.5) is 0 Å². The number of aliphatic hydroxyl groups excluding tert-OH is 1. The molecule has 1 aliphatic rings. The van der Waals surface area contributed by atoms with Gasteiger partial charge < -0.3 is 9.84 Å². The zero-order chi connectivity index (χ0) is 14.8. The second-order valence-corrected chi connectivity index (χ2v) is 7.93. The molecule has 1 fully saturated rings. The Morgan fingerprint density at radius 3 is 2.45 bits per heavy atom. The molecule has 1 N–H and O–H groups in total. The highest BCUT2D eigenvalue weighted by atomic mass is 32.2. The molecule has 0 spiro atoms. The van der Waals surface area contributed by atoms with Gasteiger partial charge in [0.15, 0.2) is 0 Å². The van der Waals surface area contributed by atoms with Gasteiger partial charge in [0.1, 0.15) is 15.6 Å². The van der Waals surface area contributed by atoms with Gasteiger partial charge in [-0.05, 0) is 43.9 Å². The molecule has 0 bridgehead atoms. The Morgan fingerprint density at radius 1 is 1.25 bits per heavy atom. The summed E-state index contributed by atoms with van der Waals surface area (Å²) < 4.78 is 29.1. The van der Waals surface area contributed by atoms with Crippen LogP contribution in [0.3, 0.4) is 0 Å². The van der Waals surface area contributed by atoms with Crippen molar-refractivity contribution >= 4 is 9.84 Å². The summed E-state index contributed by atoms with van der Waals surface area (Å²) in [5, 5.41) is 9.17. The molecule has 0 amide bonds. The van der Waals surface area contributed by atoms with Gasteiger partial charge in [-0.15, -0.1) is 0 Å². The van der Waals surface area contributed by atoms with Gasteiger partial charge in [0.05, 0.1) is 17.5 Å². The highest BCUT2D eigenvalue weighted by Crippen LogP contribution is 2.28. The van der Waals surface area contributed by atoms with Crippen LogP contribution in [0.25, 0.3) is 0 Å². The molecule has 1 saturated carbocycles. The van der Waals surface area contributed by atoms with E-state index in [1.165, 1.54) is 6.26 Å². The normalized spacial score (nSPS) is 25.1. The van der Waals surface area contributed by atoms with E-state index in [1.807, 2.05) is 24.3 Å². The third-order valence-electron chi connectivity index (χ3n) is 3.85. The maximum atomic E-state index is 11.6. The van der Waals surface area contributed by atoms with E-state index in [1.54, 1.807) is 6.92 Å². The second kappa shape index (κ2) is 6.14. The first-order valence-corrected chi connectivity index (χ1v) is 8.95. The van der Waals surface area contributed by atoms with Crippen LogP contribution in [0.1, 0.15) is 44.3 Å². The fourth-order valence-corrected chi connectivity index (χ4v) is 3.77. The molecule has 20 heavy (non-hydrogen) atoms. The van der Waals surface area contributed by atoms with Crippen LogP contribution in [-0.4, -0.2) is 31.1 Å². The molecule has 5 heteroatoms. The van der Waals surface area contributed by atoms with Crippen LogP contribution in [0.5, 0.6) is 5.75 Å². The van der Waals surface area contributed by atoms with Crippen molar-refractivity contribution in [1.82, 2.24) is 0 Å². The van der Waals surface area contributed by atoms with E-state index in [4.69, 9.17) is 4.74 Å². The average molecular weight is 298 g/mol. The molecular formula is C15H22O4S. The van der Waals surface area contributed by atoms with Gasteiger partial charge in [-0.25, -0.2) is 8.42 Å². The molecule has 2 unspecified atom stereocenters. The smallest absolute Gasteiger partial charge is 0.150 e. The van der Waals surface area contributed by atoms with Crippen LogP contribution in [0, 0.1) is 0 Å². The lowest BCUT2D eigenvalue weighted by atomic mass is 9.97. The summed E-state index contributed by atoms with van der Waals surface area (Å²) in [4.78, 5) is 0. The molecule has 112 valence electrons. The molecule has 1 aliphatic carbocycles. The van der Waals surface area contributed by atoms with Gasteiger partial charge in [0.2, 0.25) is 0 Å². The summed E-state index contributed by atoms with van der Waals surface area (Å²) >= 11 is 0. The first-order valence-electron chi connectivity index (χ1n) is 7.00. The van der Waals surface area contributed by atoms with Crippen molar-refractivity contribution in [3.63, 3.8) is 0 Å². The van der Waals surface area contributed by atoms with Crippen LogP contribution in [0.2, 0.25) is 0 Å². The number of hydrogen-bond donors (Lipinski definition) is 1. The maximum absolute atomic E-state index is 11.6. The predicted octanol–water partition coefficient (Wildman–Crippen LogP) is 2.47. The molecule has 0 heterocycles. The average Bonchev–Trinajstić information content (AvgIpc) is 2.38. The van der Waals surface area contributed by atoms with Gasteiger partial charge in [0.25, 0.3) is 0 Å². The minimum Gasteiger partial charge on any atom is -0.490 e. The van der Waals surface area contributed by atoms with Gasteiger partial charge in [-0.3, -0.25) is 0 Å². The third kappa shape index (κ3) is 3.96. The number of aliphatic hydroxyl groups is 1. The Labute approximate surface area is 120 Å². The molecule has 3 atom stereocenters. The maximum Gasteiger partial charge on any atom is 0.150 e. The van der Waals surface area contributed by atoms with Gasteiger partial charge in [-0.2, -0.15) is 0 Å². The number of hydrogen-bond acceptors (Lipinski definition) is 4. The SMILES string of the molecule is C[C@H](O)c1ccc(OC2CCCC(S(C)(=O)=O)C2)cc1. The Hall–Kier alpha value is -1.07. The number of sulfone groups is 1. The first-order chi connectivity index (χ1) is 9.36. The van der Waals surface area contributed by atoms with E-state index in [0.717, 1.165) is 30.6 Å². The van der Waals surface area contributed by atoms with E-state index in [9.17, 15) is 13.5 Å². The molecule has 0 aromatic heterocycles. The van der Waals surface area contributed by atoms with Crippen LogP contribution in [0.15, 0.2) is 24.3 Å². The molecule has 1 aromatic carbocycles. The lowest BCUT2D eigenvalue weighted by Gasteiger charge is -2.28. The predicted molar refractivity (Wildman–Crippen MR) is 78.6 cm³/mol. The topological polar surface area (TPSA) is 63.6 Å². The number of benzene rings is 1. The van der Waals surface area contributed by atoms with Crippen molar-refractivity contribution in [3.8, 4) is 5.75 Å². The monoisotopic (exact) mass is 298 g/mol. The molecule has 0 aliphatic heterocycles. The lowest BCUT2D eigenvalue weighted by molar-refractivity contribution is 0.156. The number of ether oxygens (including phenoxy) is 1. The van der Waals surface area contributed by atoms with Gasteiger partial charge >= 0.3 is 0 Å². The molecular weight excluding hydrogens is 276 g/mol.